The van der Waals surface area contributed by atoms with Crippen LogP contribution in [0.4, 0.5) is 0 Å². The Balaban J connectivity index is 1.97. The summed E-state index contributed by atoms with van der Waals surface area (Å²) in [5, 5.41) is 12.5. The molecule has 1 saturated carbocycles. The van der Waals surface area contributed by atoms with Crippen LogP contribution in [0.2, 0.25) is 0 Å². The van der Waals surface area contributed by atoms with Gasteiger partial charge in [0.05, 0.1) is 11.7 Å². The number of carbonyl (C=O) groups excluding carboxylic acids is 1. The molecule has 1 heterocycles. The van der Waals surface area contributed by atoms with Gasteiger partial charge < -0.3 is 10.4 Å². The third-order valence-electron chi connectivity index (χ3n) is 2.95. The molecular formula is C12H15BrN2O2. The van der Waals surface area contributed by atoms with E-state index in [4.69, 9.17) is 0 Å². The molecule has 0 spiro atoms. The molecule has 2 unspecified atom stereocenters. The quantitative estimate of drug-likeness (QED) is 0.876. The molecule has 2 rings (SSSR count). The second-order valence-electron chi connectivity index (χ2n) is 4.38. The molecule has 4 nitrogen and oxygen atoms in total. The van der Waals surface area contributed by atoms with E-state index in [0.29, 0.717) is 12.0 Å². The summed E-state index contributed by atoms with van der Waals surface area (Å²) < 4.78 is 0.786. The molecule has 1 aromatic heterocycles. The van der Waals surface area contributed by atoms with Crippen LogP contribution >= 0.6 is 15.9 Å². The Hall–Kier alpha value is -0.940. The van der Waals surface area contributed by atoms with Gasteiger partial charge in [-0.3, -0.25) is 9.78 Å². The molecule has 2 N–H and O–H groups in total. The predicted octanol–water partition coefficient (Wildman–Crippen LogP) is 1.88. The van der Waals surface area contributed by atoms with Crippen molar-refractivity contribution >= 4 is 21.8 Å². The molecule has 0 aliphatic heterocycles. The topological polar surface area (TPSA) is 62.2 Å². The summed E-state index contributed by atoms with van der Waals surface area (Å²) in [4.78, 5) is 15.9. The molecule has 1 aliphatic rings. The Labute approximate surface area is 109 Å². The largest absolute Gasteiger partial charge is 0.393 e. The molecule has 1 amide bonds. The zero-order chi connectivity index (χ0) is 12.3. The molecule has 1 aliphatic carbocycles. The highest BCUT2D eigenvalue weighted by Crippen LogP contribution is 2.19. The number of halogens is 1. The summed E-state index contributed by atoms with van der Waals surface area (Å²) in [5.74, 6) is -0.127. The van der Waals surface area contributed by atoms with Gasteiger partial charge in [0, 0.05) is 22.9 Å². The second kappa shape index (κ2) is 5.60. The number of rotatable bonds is 2. The number of aliphatic hydroxyl groups is 1. The standard InChI is InChI=1S/C12H15BrN2O2/c13-9-4-8(6-14-7-9)12(17)15-10-2-1-3-11(16)5-10/h4,6-7,10-11,16H,1-3,5H2,(H,15,17). The van der Waals surface area contributed by atoms with E-state index in [0.717, 1.165) is 23.7 Å². The fraction of sp³-hybridized carbons (Fsp3) is 0.500. The molecule has 0 saturated heterocycles. The van der Waals surface area contributed by atoms with Crippen LogP contribution in [0.25, 0.3) is 0 Å². The lowest BCUT2D eigenvalue weighted by atomic mass is 9.93. The van der Waals surface area contributed by atoms with Crippen LogP contribution in [0.1, 0.15) is 36.0 Å². The summed E-state index contributed by atoms with van der Waals surface area (Å²) in [7, 11) is 0. The van der Waals surface area contributed by atoms with Crippen molar-refractivity contribution in [3.05, 3.63) is 28.5 Å². The number of nitrogens with zero attached hydrogens (tertiary/aromatic N) is 1. The first kappa shape index (κ1) is 12.5. The van der Waals surface area contributed by atoms with Crippen molar-refractivity contribution in [1.29, 1.82) is 0 Å². The second-order valence-corrected chi connectivity index (χ2v) is 5.30. The molecule has 0 aromatic carbocycles. The molecule has 92 valence electrons. The fourth-order valence-electron chi connectivity index (χ4n) is 2.10. The predicted molar refractivity (Wildman–Crippen MR) is 67.7 cm³/mol. The number of carbonyl (C=O) groups is 1. The van der Waals surface area contributed by atoms with Gasteiger partial charge in [-0.2, -0.15) is 0 Å². The third kappa shape index (κ3) is 3.51. The van der Waals surface area contributed by atoms with Gasteiger partial charge in [0.1, 0.15) is 0 Å². The maximum atomic E-state index is 11.9. The number of hydrogen-bond acceptors (Lipinski definition) is 3. The first-order chi connectivity index (χ1) is 8.15. The third-order valence-corrected chi connectivity index (χ3v) is 3.38. The monoisotopic (exact) mass is 298 g/mol. The molecule has 2 atom stereocenters. The molecule has 1 aromatic rings. The van der Waals surface area contributed by atoms with Crippen molar-refractivity contribution in [3.63, 3.8) is 0 Å². The number of aliphatic hydroxyl groups excluding tert-OH is 1. The molecule has 5 heteroatoms. The Morgan fingerprint density at radius 2 is 2.29 bits per heavy atom. The van der Waals surface area contributed by atoms with Crippen LogP contribution in [0, 0.1) is 0 Å². The highest BCUT2D eigenvalue weighted by atomic mass is 79.9. The summed E-state index contributed by atoms with van der Waals surface area (Å²) >= 11 is 3.28. The number of amides is 1. The normalized spacial score (nSPS) is 24.4. The van der Waals surface area contributed by atoms with Gasteiger partial charge in [-0.1, -0.05) is 0 Å². The first-order valence-electron chi connectivity index (χ1n) is 5.74. The average Bonchev–Trinajstić information content (AvgIpc) is 2.29. The maximum Gasteiger partial charge on any atom is 0.253 e. The van der Waals surface area contributed by atoms with Gasteiger partial charge in [-0.25, -0.2) is 0 Å². The fourth-order valence-corrected chi connectivity index (χ4v) is 2.46. The Bertz CT molecular complexity index is 411. The van der Waals surface area contributed by atoms with Crippen LogP contribution < -0.4 is 5.32 Å². The molecule has 17 heavy (non-hydrogen) atoms. The van der Waals surface area contributed by atoms with E-state index in [1.807, 2.05) is 0 Å². The van der Waals surface area contributed by atoms with Crippen LogP contribution in [0.3, 0.4) is 0 Å². The van der Waals surface area contributed by atoms with Gasteiger partial charge in [-0.15, -0.1) is 0 Å². The van der Waals surface area contributed by atoms with E-state index in [1.54, 1.807) is 18.5 Å². The number of hydrogen-bond donors (Lipinski definition) is 2. The minimum atomic E-state index is -0.283. The molecular weight excluding hydrogens is 284 g/mol. The van der Waals surface area contributed by atoms with Crippen molar-refractivity contribution in [2.75, 3.05) is 0 Å². The zero-order valence-corrected chi connectivity index (χ0v) is 11.0. The Morgan fingerprint density at radius 1 is 1.47 bits per heavy atom. The Morgan fingerprint density at radius 3 is 3.00 bits per heavy atom. The van der Waals surface area contributed by atoms with Gasteiger partial charge in [0.15, 0.2) is 0 Å². The Kier molecular flexibility index (Phi) is 4.12. The number of aromatic nitrogens is 1. The highest BCUT2D eigenvalue weighted by molar-refractivity contribution is 9.10. The lowest BCUT2D eigenvalue weighted by molar-refractivity contribution is 0.0849. The van der Waals surface area contributed by atoms with Crippen molar-refractivity contribution < 1.29 is 9.90 Å². The maximum absolute atomic E-state index is 11.9. The van der Waals surface area contributed by atoms with Crippen molar-refractivity contribution in [2.45, 2.75) is 37.8 Å². The van der Waals surface area contributed by atoms with E-state index in [-0.39, 0.29) is 18.1 Å². The van der Waals surface area contributed by atoms with E-state index >= 15 is 0 Å². The van der Waals surface area contributed by atoms with Gasteiger partial charge in [-0.05, 0) is 47.7 Å². The number of nitrogens with one attached hydrogen (secondary N) is 1. The smallest absolute Gasteiger partial charge is 0.253 e. The van der Waals surface area contributed by atoms with Crippen molar-refractivity contribution in [2.24, 2.45) is 0 Å². The number of pyridine rings is 1. The minimum absolute atomic E-state index is 0.0743. The van der Waals surface area contributed by atoms with Crippen LogP contribution in [0.15, 0.2) is 22.9 Å². The van der Waals surface area contributed by atoms with Crippen molar-refractivity contribution in [1.82, 2.24) is 10.3 Å². The van der Waals surface area contributed by atoms with Crippen LogP contribution in [-0.2, 0) is 0 Å². The van der Waals surface area contributed by atoms with Crippen LogP contribution in [0.5, 0.6) is 0 Å². The van der Waals surface area contributed by atoms with E-state index < -0.39 is 0 Å². The van der Waals surface area contributed by atoms with E-state index in [2.05, 4.69) is 26.2 Å². The SMILES string of the molecule is O=C(NC1CCCC(O)C1)c1cncc(Br)c1. The van der Waals surface area contributed by atoms with Gasteiger partial charge in [0.2, 0.25) is 0 Å². The summed E-state index contributed by atoms with van der Waals surface area (Å²) in [6.45, 7) is 0. The highest BCUT2D eigenvalue weighted by Gasteiger charge is 2.22. The lowest BCUT2D eigenvalue weighted by Gasteiger charge is -2.26. The zero-order valence-electron chi connectivity index (χ0n) is 9.40. The minimum Gasteiger partial charge on any atom is -0.393 e. The summed E-state index contributed by atoms with van der Waals surface area (Å²) in [6, 6.07) is 1.81. The van der Waals surface area contributed by atoms with E-state index in [9.17, 15) is 9.90 Å². The molecule has 0 radical (unpaired) electrons. The first-order valence-corrected chi connectivity index (χ1v) is 6.54. The lowest BCUT2D eigenvalue weighted by Crippen LogP contribution is -2.39. The van der Waals surface area contributed by atoms with E-state index in [1.165, 1.54) is 0 Å². The van der Waals surface area contributed by atoms with Crippen LogP contribution in [-0.4, -0.2) is 28.1 Å². The van der Waals surface area contributed by atoms with Gasteiger partial charge >= 0.3 is 0 Å². The summed E-state index contributed by atoms with van der Waals surface area (Å²) in [5.41, 5.74) is 0.541. The van der Waals surface area contributed by atoms with Crippen molar-refractivity contribution in [3.8, 4) is 0 Å². The molecule has 1 fully saturated rings. The average molecular weight is 299 g/mol. The molecule has 0 bridgehead atoms. The summed E-state index contributed by atoms with van der Waals surface area (Å²) in [6.07, 6.45) is 6.28. The van der Waals surface area contributed by atoms with Gasteiger partial charge in [0.25, 0.3) is 5.91 Å².